The largest absolute Gasteiger partial charge is 0.497 e. The van der Waals surface area contributed by atoms with Gasteiger partial charge in [-0.05, 0) is 60.4 Å². The molecular weight excluding hydrogens is 442 g/mol. The minimum absolute atomic E-state index is 0.141. The third kappa shape index (κ3) is 4.39. The molecule has 1 aliphatic rings. The third-order valence-corrected chi connectivity index (χ3v) is 7.46. The number of carbonyl (C=O) groups is 2. The van der Waals surface area contributed by atoms with E-state index < -0.39 is 17.5 Å². The second-order valence-electron chi connectivity index (χ2n) is 9.31. The lowest BCUT2D eigenvalue weighted by Crippen LogP contribution is -2.26. The van der Waals surface area contributed by atoms with Crippen LogP contribution in [-0.4, -0.2) is 26.1 Å². The maximum atomic E-state index is 13.1. The summed E-state index contributed by atoms with van der Waals surface area (Å²) in [6.45, 7) is 6.65. The maximum Gasteiger partial charge on any atom is 0.349 e. The quantitative estimate of drug-likeness (QED) is 0.424. The number of carbonyl (C=O) groups excluding carboxylic acids is 2. The molecule has 174 valence electrons. The topological polar surface area (TPSA) is 94.8 Å². The Labute approximate surface area is 195 Å². The number of esters is 1. The molecule has 1 atom stereocenters. The van der Waals surface area contributed by atoms with Crippen molar-refractivity contribution in [3.8, 4) is 5.75 Å². The zero-order valence-corrected chi connectivity index (χ0v) is 20.2. The van der Waals surface area contributed by atoms with Crippen LogP contribution in [0, 0.1) is 11.3 Å². The Balaban J connectivity index is 1.71. The molecular formula is C25H27NO6S. The van der Waals surface area contributed by atoms with Crippen LogP contribution in [0.25, 0.3) is 11.0 Å². The molecule has 8 heteroatoms. The van der Waals surface area contributed by atoms with Gasteiger partial charge in [-0.1, -0.05) is 20.8 Å². The highest BCUT2D eigenvalue weighted by atomic mass is 32.1. The van der Waals surface area contributed by atoms with Gasteiger partial charge in [0.25, 0.3) is 5.91 Å². The van der Waals surface area contributed by atoms with Gasteiger partial charge in [-0.15, -0.1) is 11.3 Å². The van der Waals surface area contributed by atoms with E-state index in [1.54, 1.807) is 18.2 Å². The molecule has 0 saturated carbocycles. The molecule has 0 fully saturated rings. The summed E-state index contributed by atoms with van der Waals surface area (Å²) < 4.78 is 15.5. The minimum Gasteiger partial charge on any atom is -0.497 e. The number of hydrogen-bond acceptors (Lipinski definition) is 7. The van der Waals surface area contributed by atoms with Crippen molar-refractivity contribution in [3.63, 3.8) is 0 Å². The highest BCUT2D eigenvalue weighted by Crippen LogP contribution is 2.44. The first-order chi connectivity index (χ1) is 15.6. The van der Waals surface area contributed by atoms with Crippen molar-refractivity contribution in [2.45, 2.75) is 40.0 Å². The van der Waals surface area contributed by atoms with E-state index in [2.05, 4.69) is 26.1 Å². The smallest absolute Gasteiger partial charge is 0.349 e. The van der Waals surface area contributed by atoms with Crippen LogP contribution in [0.15, 0.2) is 33.5 Å². The minimum atomic E-state index is -0.751. The molecule has 0 spiro atoms. The van der Waals surface area contributed by atoms with E-state index in [1.165, 1.54) is 31.6 Å². The van der Waals surface area contributed by atoms with E-state index in [9.17, 15) is 14.4 Å². The molecule has 33 heavy (non-hydrogen) atoms. The molecule has 1 amide bonds. The predicted octanol–water partition coefficient (Wildman–Crippen LogP) is 5.05. The van der Waals surface area contributed by atoms with Crippen molar-refractivity contribution in [1.29, 1.82) is 0 Å². The summed E-state index contributed by atoms with van der Waals surface area (Å²) in [5.41, 5.74) is 0.904. The fraction of sp³-hybridized carbons (Fsp3) is 0.400. The van der Waals surface area contributed by atoms with Crippen molar-refractivity contribution in [2.24, 2.45) is 11.3 Å². The standard InChI is InChI=1S/C25H27NO6S/c1-25(2,3)14-6-8-16-19(12-14)33-22(20(16)24(29)31-5)26-21(27)17-11-13-10-15(30-4)7-9-18(13)32-23(17)28/h7,9-11,14H,6,8,12H2,1-5H3,(H,26,27). The summed E-state index contributed by atoms with van der Waals surface area (Å²) in [5.74, 6) is -0.0767. The third-order valence-electron chi connectivity index (χ3n) is 6.29. The monoisotopic (exact) mass is 469 g/mol. The predicted molar refractivity (Wildman–Crippen MR) is 128 cm³/mol. The molecule has 0 saturated heterocycles. The zero-order valence-electron chi connectivity index (χ0n) is 19.4. The van der Waals surface area contributed by atoms with E-state index in [0.717, 1.165) is 29.7 Å². The Kier molecular flexibility index (Phi) is 6.05. The molecule has 2 aromatic heterocycles. The first-order valence-electron chi connectivity index (χ1n) is 10.8. The zero-order chi connectivity index (χ0) is 23.9. The average Bonchev–Trinajstić information content (AvgIpc) is 3.14. The van der Waals surface area contributed by atoms with Gasteiger partial charge in [-0.25, -0.2) is 9.59 Å². The summed E-state index contributed by atoms with van der Waals surface area (Å²) in [6, 6.07) is 6.45. The second kappa shape index (κ2) is 8.67. The fourth-order valence-electron chi connectivity index (χ4n) is 4.29. The van der Waals surface area contributed by atoms with Crippen molar-refractivity contribution in [3.05, 3.63) is 56.3 Å². The van der Waals surface area contributed by atoms with Gasteiger partial charge in [0.2, 0.25) is 0 Å². The van der Waals surface area contributed by atoms with Gasteiger partial charge < -0.3 is 19.2 Å². The second-order valence-corrected chi connectivity index (χ2v) is 10.4. The normalized spacial score (nSPS) is 15.7. The lowest BCUT2D eigenvalue weighted by Gasteiger charge is -2.33. The van der Waals surface area contributed by atoms with Crippen LogP contribution in [0.2, 0.25) is 0 Å². The molecule has 1 aromatic carbocycles. The number of benzene rings is 1. The van der Waals surface area contributed by atoms with E-state index in [-0.39, 0.29) is 11.0 Å². The molecule has 1 aliphatic carbocycles. The van der Waals surface area contributed by atoms with Crippen LogP contribution < -0.4 is 15.7 Å². The average molecular weight is 470 g/mol. The number of fused-ring (bicyclic) bond motifs is 2. The Morgan fingerprint density at radius 2 is 1.94 bits per heavy atom. The van der Waals surface area contributed by atoms with Crippen molar-refractivity contribution >= 4 is 39.2 Å². The summed E-state index contributed by atoms with van der Waals surface area (Å²) in [6.07, 6.45) is 2.54. The van der Waals surface area contributed by atoms with Crippen LogP contribution in [0.3, 0.4) is 0 Å². The van der Waals surface area contributed by atoms with Gasteiger partial charge in [0.15, 0.2) is 0 Å². The van der Waals surface area contributed by atoms with Crippen LogP contribution in [-0.2, 0) is 17.6 Å². The van der Waals surface area contributed by atoms with Crippen LogP contribution >= 0.6 is 11.3 Å². The fourth-order valence-corrected chi connectivity index (χ4v) is 5.60. The van der Waals surface area contributed by atoms with Gasteiger partial charge in [-0.2, -0.15) is 0 Å². The maximum absolute atomic E-state index is 13.1. The van der Waals surface area contributed by atoms with E-state index >= 15 is 0 Å². The number of nitrogens with one attached hydrogen (secondary N) is 1. The molecule has 2 heterocycles. The lowest BCUT2D eigenvalue weighted by molar-refractivity contribution is 0.0600. The van der Waals surface area contributed by atoms with Crippen LogP contribution in [0.5, 0.6) is 5.75 Å². The van der Waals surface area contributed by atoms with Crippen molar-refractivity contribution in [1.82, 2.24) is 0 Å². The number of ether oxygens (including phenoxy) is 2. The lowest BCUT2D eigenvalue weighted by atomic mass is 9.72. The highest BCUT2D eigenvalue weighted by molar-refractivity contribution is 7.17. The molecule has 7 nitrogen and oxygen atoms in total. The number of hydrogen-bond donors (Lipinski definition) is 1. The number of amides is 1. The van der Waals surface area contributed by atoms with E-state index in [1.807, 2.05) is 0 Å². The van der Waals surface area contributed by atoms with Crippen molar-refractivity contribution < 1.29 is 23.5 Å². The Morgan fingerprint density at radius 1 is 1.18 bits per heavy atom. The van der Waals surface area contributed by atoms with Crippen molar-refractivity contribution in [2.75, 3.05) is 19.5 Å². The summed E-state index contributed by atoms with van der Waals surface area (Å²) in [7, 11) is 2.86. The molecule has 4 rings (SSSR count). The molecule has 3 aromatic rings. The van der Waals surface area contributed by atoms with Crippen LogP contribution in [0.4, 0.5) is 5.00 Å². The molecule has 0 bridgehead atoms. The van der Waals surface area contributed by atoms with Gasteiger partial charge in [0, 0.05) is 10.3 Å². The Morgan fingerprint density at radius 3 is 2.61 bits per heavy atom. The molecule has 1 N–H and O–H groups in total. The highest BCUT2D eigenvalue weighted by Gasteiger charge is 2.34. The number of methoxy groups -OCH3 is 2. The first-order valence-corrected chi connectivity index (χ1v) is 11.6. The summed E-state index contributed by atoms with van der Waals surface area (Å²) in [4.78, 5) is 39.3. The number of thiophene rings is 1. The SMILES string of the molecule is COC(=O)c1c(NC(=O)c2cc3cc(OC)ccc3oc2=O)sc2c1CCC(C(C)(C)C)C2. The number of rotatable bonds is 4. The van der Waals surface area contributed by atoms with Crippen LogP contribution in [0.1, 0.15) is 58.3 Å². The van der Waals surface area contributed by atoms with Gasteiger partial charge in [-0.3, -0.25) is 4.79 Å². The Bertz CT molecular complexity index is 1300. The molecule has 1 unspecified atom stereocenters. The summed E-state index contributed by atoms with van der Waals surface area (Å²) in [5, 5.41) is 3.73. The molecule has 0 radical (unpaired) electrons. The van der Waals surface area contributed by atoms with E-state index in [0.29, 0.717) is 33.2 Å². The van der Waals surface area contributed by atoms with Gasteiger partial charge >= 0.3 is 11.6 Å². The van der Waals surface area contributed by atoms with Gasteiger partial charge in [0.1, 0.15) is 21.9 Å². The first kappa shape index (κ1) is 23.0. The summed E-state index contributed by atoms with van der Waals surface area (Å²) >= 11 is 1.38. The Hall–Kier alpha value is -3.13. The number of anilines is 1. The van der Waals surface area contributed by atoms with E-state index in [4.69, 9.17) is 13.9 Å². The molecule has 0 aliphatic heterocycles. The van der Waals surface area contributed by atoms with Gasteiger partial charge in [0.05, 0.1) is 19.8 Å².